The Labute approximate surface area is 192 Å². The van der Waals surface area contributed by atoms with E-state index in [1.165, 1.54) is 0 Å². The predicted molar refractivity (Wildman–Crippen MR) is 126 cm³/mol. The van der Waals surface area contributed by atoms with Crippen LogP contribution in [0, 0.1) is 6.92 Å². The van der Waals surface area contributed by atoms with E-state index in [0.717, 1.165) is 40.0 Å². The van der Waals surface area contributed by atoms with Crippen LogP contribution in [0.3, 0.4) is 0 Å². The highest BCUT2D eigenvalue weighted by atomic mass is 32.1. The summed E-state index contributed by atoms with van der Waals surface area (Å²) in [5.41, 5.74) is 3.04. The van der Waals surface area contributed by atoms with Gasteiger partial charge in [0.1, 0.15) is 6.04 Å². The van der Waals surface area contributed by atoms with Gasteiger partial charge >= 0.3 is 12.0 Å². The second-order valence-electron chi connectivity index (χ2n) is 8.35. The minimum atomic E-state index is -0.763. The van der Waals surface area contributed by atoms with Gasteiger partial charge in [0.2, 0.25) is 0 Å². The standard InChI is InChI=1S/C24H30N4O3S/c1-4-31-23(29)21(16(3)19-13-25-20-8-6-5-7-18(19)20)27-24(30)28-11-9-17(10-12-28)22-26-15(2)14-32-22/h5-8,13-14,16-17,21,25H,4,9-12H2,1-3H3,(H,27,30)/t16-,21+/m0/s1. The Balaban J connectivity index is 1.45. The van der Waals surface area contributed by atoms with Crippen molar-refractivity contribution in [1.82, 2.24) is 20.2 Å². The van der Waals surface area contributed by atoms with Crippen molar-refractivity contribution in [3.63, 3.8) is 0 Å². The SMILES string of the molecule is CCOC(=O)[C@H](NC(=O)N1CCC(c2nc(C)cs2)CC1)[C@@H](C)c1c[nH]c2ccccc12. The maximum absolute atomic E-state index is 13.1. The van der Waals surface area contributed by atoms with Gasteiger partial charge in [0, 0.05) is 53.1 Å². The number of fused-ring (bicyclic) bond motifs is 1. The van der Waals surface area contributed by atoms with Crippen LogP contribution in [0.25, 0.3) is 10.9 Å². The number of aryl methyl sites for hydroxylation is 1. The lowest BCUT2D eigenvalue weighted by molar-refractivity contribution is -0.145. The van der Waals surface area contributed by atoms with E-state index >= 15 is 0 Å². The van der Waals surface area contributed by atoms with Crippen LogP contribution in [0.1, 0.15) is 54.8 Å². The zero-order chi connectivity index (χ0) is 22.7. The van der Waals surface area contributed by atoms with E-state index in [1.807, 2.05) is 44.3 Å². The van der Waals surface area contributed by atoms with Gasteiger partial charge in [-0.15, -0.1) is 11.3 Å². The summed E-state index contributed by atoms with van der Waals surface area (Å²) in [5.74, 6) is -0.263. The number of H-pyrrole nitrogens is 1. The van der Waals surface area contributed by atoms with Crippen molar-refractivity contribution in [2.45, 2.75) is 51.5 Å². The number of rotatable bonds is 6. The zero-order valence-electron chi connectivity index (χ0n) is 18.8. The summed E-state index contributed by atoms with van der Waals surface area (Å²) in [6.45, 7) is 7.29. The van der Waals surface area contributed by atoms with Gasteiger partial charge in [0.25, 0.3) is 0 Å². The van der Waals surface area contributed by atoms with Crippen molar-refractivity contribution in [2.24, 2.45) is 0 Å². The van der Waals surface area contributed by atoms with Crippen LogP contribution < -0.4 is 5.32 Å². The predicted octanol–water partition coefficient (Wildman–Crippen LogP) is 4.56. The molecule has 2 amide bonds. The van der Waals surface area contributed by atoms with Crippen molar-refractivity contribution in [2.75, 3.05) is 19.7 Å². The number of hydrogen-bond donors (Lipinski definition) is 2. The third-order valence-electron chi connectivity index (χ3n) is 6.20. The van der Waals surface area contributed by atoms with Crippen LogP contribution in [0.2, 0.25) is 0 Å². The number of esters is 1. The first kappa shape index (κ1) is 22.3. The lowest BCUT2D eigenvalue weighted by atomic mass is 9.92. The number of hydrogen-bond acceptors (Lipinski definition) is 5. The number of thiazole rings is 1. The van der Waals surface area contributed by atoms with Gasteiger partial charge < -0.3 is 19.9 Å². The summed E-state index contributed by atoms with van der Waals surface area (Å²) in [6.07, 6.45) is 3.67. The smallest absolute Gasteiger partial charge is 0.329 e. The Hall–Kier alpha value is -2.87. The van der Waals surface area contributed by atoms with Crippen molar-refractivity contribution in [1.29, 1.82) is 0 Å². The Bertz CT molecular complexity index is 1080. The molecule has 8 heteroatoms. The van der Waals surface area contributed by atoms with Gasteiger partial charge in [0.15, 0.2) is 0 Å². The molecular formula is C24H30N4O3S. The number of aromatic nitrogens is 2. The molecule has 3 heterocycles. The third-order valence-corrected chi connectivity index (χ3v) is 7.32. The molecule has 1 aliphatic rings. The number of nitrogens with zero attached hydrogens (tertiary/aromatic N) is 2. The molecule has 2 N–H and O–H groups in total. The Morgan fingerprint density at radius 2 is 2.06 bits per heavy atom. The van der Waals surface area contributed by atoms with E-state index in [9.17, 15) is 9.59 Å². The fraction of sp³-hybridized carbons (Fsp3) is 0.458. The van der Waals surface area contributed by atoms with Gasteiger partial charge in [-0.2, -0.15) is 0 Å². The molecule has 7 nitrogen and oxygen atoms in total. The maximum atomic E-state index is 13.1. The molecule has 3 aromatic rings. The molecule has 0 unspecified atom stereocenters. The average molecular weight is 455 g/mol. The van der Waals surface area contributed by atoms with E-state index < -0.39 is 12.0 Å². The van der Waals surface area contributed by atoms with E-state index in [0.29, 0.717) is 19.0 Å². The van der Waals surface area contributed by atoms with E-state index in [-0.39, 0.29) is 18.6 Å². The van der Waals surface area contributed by atoms with Gasteiger partial charge in [-0.1, -0.05) is 25.1 Å². The minimum Gasteiger partial charge on any atom is -0.464 e. The normalized spacial score (nSPS) is 16.7. The van der Waals surface area contributed by atoms with Crippen molar-refractivity contribution in [3.8, 4) is 0 Å². The molecule has 32 heavy (non-hydrogen) atoms. The number of nitrogens with one attached hydrogen (secondary N) is 2. The fourth-order valence-corrected chi connectivity index (χ4v) is 5.35. The number of urea groups is 1. The Morgan fingerprint density at radius 3 is 2.75 bits per heavy atom. The maximum Gasteiger partial charge on any atom is 0.329 e. The van der Waals surface area contributed by atoms with Crippen LogP contribution in [-0.4, -0.2) is 52.6 Å². The van der Waals surface area contributed by atoms with E-state index in [1.54, 1.807) is 23.2 Å². The number of benzene rings is 1. The van der Waals surface area contributed by atoms with Crippen molar-refractivity contribution < 1.29 is 14.3 Å². The summed E-state index contributed by atoms with van der Waals surface area (Å²) in [4.78, 5) is 35.5. The third kappa shape index (κ3) is 4.65. The van der Waals surface area contributed by atoms with Crippen molar-refractivity contribution >= 4 is 34.2 Å². The summed E-state index contributed by atoms with van der Waals surface area (Å²) < 4.78 is 5.31. The molecule has 1 fully saturated rings. The highest BCUT2D eigenvalue weighted by Gasteiger charge is 2.33. The molecule has 0 aliphatic carbocycles. The fourth-order valence-electron chi connectivity index (χ4n) is 4.38. The number of aromatic amines is 1. The second-order valence-corrected chi connectivity index (χ2v) is 9.24. The van der Waals surface area contributed by atoms with Gasteiger partial charge in [-0.25, -0.2) is 14.6 Å². The molecule has 0 radical (unpaired) electrons. The molecule has 4 rings (SSSR count). The highest BCUT2D eigenvalue weighted by Crippen LogP contribution is 2.31. The number of ether oxygens (including phenoxy) is 1. The number of amides is 2. The van der Waals surface area contributed by atoms with Crippen LogP contribution in [-0.2, 0) is 9.53 Å². The first-order valence-electron chi connectivity index (χ1n) is 11.2. The molecule has 1 saturated heterocycles. The number of carbonyl (C=O) groups is 2. The summed E-state index contributed by atoms with van der Waals surface area (Å²) in [6, 6.07) is 6.97. The van der Waals surface area contributed by atoms with Crippen molar-refractivity contribution in [3.05, 3.63) is 52.1 Å². The van der Waals surface area contributed by atoms with Gasteiger partial charge in [-0.3, -0.25) is 0 Å². The summed E-state index contributed by atoms with van der Waals surface area (Å²) in [5, 5.41) is 7.24. The first-order chi connectivity index (χ1) is 15.5. The molecule has 1 aliphatic heterocycles. The van der Waals surface area contributed by atoms with Crippen LogP contribution in [0.15, 0.2) is 35.8 Å². The zero-order valence-corrected chi connectivity index (χ0v) is 19.6. The topological polar surface area (TPSA) is 87.3 Å². The monoisotopic (exact) mass is 454 g/mol. The number of carbonyl (C=O) groups excluding carboxylic acids is 2. The van der Waals surface area contributed by atoms with Crippen LogP contribution >= 0.6 is 11.3 Å². The molecule has 170 valence electrons. The quantitative estimate of drug-likeness (QED) is 0.535. The summed E-state index contributed by atoms with van der Waals surface area (Å²) in [7, 11) is 0. The van der Waals surface area contributed by atoms with Crippen LogP contribution in [0.5, 0.6) is 0 Å². The molecule has 2 atom stereocenters. The molecular weight excluding hydrogens is 424 g/mol. The first-order valence-corrected chi connectivity index (χ1v) is 12.1. The van der Waals surface area contributed by atoms with E-state index in [2.05, 4.69) is 20.7 Å². The molecule has 1 aromatic carbocycles. The lowest BCUT2D eigenvalue weighted by Crippen LogP contribution is -2.52. The van der Waals surface area contributed by atoms with E-state index in [4.69, 9.17) is 4.74 Å². The average Bonchev–Trinajstić information content (AvgIpc) is 3.43. The van der Waals surface area contributed by atoms with Gasteiger partial charge in [-0.05, 0) is 38.3 Å². The molecule has 2 aromatic heterocycles. The second kappa shape index (κ2) is 9.73. The molecule has 0 spiro atoms. The van der Waals surface area contributed by atoms with Crippen LogP contribution in [0.4, 0.5) is 4.79 Å². The molecule has 0 saturated carbocycles. The Kier molecular flexibility index (Phi) is 6.79. The lowest BCUT2D eigenvalue weighted by Gasteiger charge is -2.33. The number of likely N-dealkylation sites (tertiary alicyclic amines) is 1. The van der Waals surface area contributed by atoms with Gasteiger partial charge in [0.05, 0.1) is 11.6 Å². The molecule has 0 bridgehead atoms. The minimum absolute atomic E-state index is 0.219. The Morgan fingerprint density at radius 1 is 1.31 bits per heavy atom. The highest BCUT2D eigenvalue weighted by molar-refractivity contribution is 7.09. The number of para-hydroxylation sites is 1. The largest absolute Gasteiger partial charge is 0.464 e. The number of piperidine rings is 1. The summed E-state index contributed by atoms with van der Waals surface area (Å²) >= 11 is 1.69.